The summed E-state index contributed by atoms with van der Waals surface area (Å²) in [5, 5.41) is 7.78. The van der Waals surface area contributed by atoms with Gasteiger partial charge in [0.1, 0.15) is 10.6 Å². The topological polar surface area (TPSA) is 108 Å². The Balaban J connectivity index is 2.74. The molecule has 0 fully saturated rings. The molecule has 0 bridgehead atoms. The van der Waals surface area contributed by atoms with Crippen molar-refractivity contribution in [1.82, 2.24) is 5.32 Å². The zero-order valence-corrected chi connectivity index (χ0v) is 13.1. The predicted molar refractivity (Wildman–Crippen MR) is 77.5 cm³/mol. The van der Waals surface area contributed by atoms with Gasteiger partial charge in [0.05, 0.1) is 6.61 Å². The van der Waals surface area contributed by atoms with Crippen LogP contribution in [0.4, 0.5) is 0 Å². The highest BCUT2D eigenvalue weighted by molar-refractivity contribution is 7.89. The lowest BCUT2D eigenvalue weighted by atomic mass is 10.2. The molecule has 1 aromatic carbocycles. The number of methoxy groups -OCH3 is 1. The molecule has 8 heteroatoms. The van der Waals surface area contributed by atoms with Crippen molar-refractivity contribution in [1.29, 1.82) is 0 Å². The molecule has 0 radical (unpaired) electrons. The summed E-state index contributed by atoms with van der Waals surface area (Å²) in [6.07, 6.45) is 0. The van der Waals surface area contributed by atoms with Crippen LogP contribution in [0.3, 0.4) is 0 Å². The van der Waals surface area contributed by atoms with Crippen LogP contribution in [0.1, 0.15) is 12.5 Å². The van der Waals surface area contributed by atoms with Gasteiger partial charge in [-0.05, 0) is 31.5 Å². The minimum Gasteiger partial charge on any atom is -0.482 e. The van der Waals surface area contributed by atoms with E-state index in [0.29, 0.717) is 6.61 Å². The summed E-state index contributed by atoms with van der Waals surface area (Å²) < 4.78 is 33.1. The van der Waals surface area contributed by atoms with Crippen molar-refractivity contribution in [3.8, 4) is 5.75 Å². The molecule has 21 heavy (non-hydrogen) atoms. The lowest BCUT2D eigenvalue weighted by Gasteiger charge is -2.14. The minimum atomic E-state index is -3.91. The number of ether oxygens (including phenoxy) is 2. The summed E-state index contributed by atoms with van der Waals surface area (Å²) >= 11 is 0. The number of carbonyl (C=O) groups is 1. The molecule has 0 heterocycles. The average molecular weight is 316 g/mol. The van der Waals surface area contributed by atoms with Crippen LogP contribution < -0.4 is 15.2 Å². The highest BCUT2D eigenvalue weighted by Gasteiger charge is 2.16. The standard InChI is InChI=1S/C13H20N2O5S/c1-9-4-5-11(12(6-9)21(14,17)18)20-8-13(16)15-10(2)7-19-3/h4-6,10H,7-8H2,1-3H3,(H,15,16)(H2,14,17,18). The van der Waals surface area contributed by atoms with Gasteiger partial charge in [0.25, 0.3) is 5.91 Å². The van der Waals surface area contributed by atoms with E-state index in [4.69, 9.17) is 14.6 Å². The van der Waals surface area contributed by atoms with E-state index in [-0.39, 0.29) is 29.2 Å². The van der Waals surface area contributed by atoms with Crippen LogP contribution in [0.15, 0.2) is 23.1 Å². The third-order valence-corrected chi connectivity index (χ3v) is 3.52. The molecule has 1 unspecified atom stereocenters. The molecule has 3 N–H and O–H groups in total. The normalized spacial score (nSPS) is 12.8. The van der Waals surface area contributed by atoms with Gasteiger partial charge in [-0.15, -0.1) is 0 Å². The second-order valence-electron chi connectivity index (χ2n) is 4.71. The van der Waals surface area contributed by atoms with E-state index in [9.17, 15) is 13.2 Å². The van der Waals surface area contributed by atoms with Crippen LogP contribution in [0, 0.1) is 6.92 Å². The number of carbonyl (C=O) groups excluding carboxylic acids is 1. The number of aryl methyl sites for hydroxylation is 1. The maximum Gasteiger partial charge on any atom is 0.258 e. The van der Waals surface area contributed by atoms with Gasteiger partial charge in [-0.2, -0.15) is 0 Å². The predicted octanol–water partition coefficient (Wildman–Crippen LogP) is 0.172. The number of benzene rings is 1. The summed E-state index contributed by atoms with van der Waals surface area (Å²) in [6.45, 7) is 3.58. The van der Waals surface area contributed by atoms with Crippen LogP contribution >= 0.6 is 0 Å². The monoisotopic (exact) mass is 316 g/mol. The largest absolute Gasteiger partial charge is 0.482 e. The number of nitrogens with one attached hydrogen (secondary N) is 1. The molecule has 1 amide bonds. The second-order valence-corrected chi connectivity index (χ2v) is 6.24. The summed E-state index contributed by atoms with van der Waals surface area (Å²) in [7, 11) is -2.38. The fourth-order valence-electron chi connectivity index (χ4n) is 1.71. The van der Waals surface area contributed by atoms with E-state index < -0.39 is 10.0 Å². The lowest BCUT2D eigenvalue weighted by molar-refractivity contribution is -0.124. The zero-order chi connectivity index (χ0) is 16.0. The first kappa shape index (κ1) is 17.4. The molecule has 1 rings (SSSR count). The smallest absolute Gasteiger partial charge is 0.258 e. The van der Waals surface area contributed by atoms with Crippen molar-refractivity contribution in [2.24, 2.45) is 5.14 Å². The number of amides is 1. The number of sulfonamides is 1. The van der Waals surface area contributed by atoms with E-state index in [2.05, 4.69) is 5.32 Å². The molecular weight excluding hydrogens is 296 g/mol. The highest BCUT2D eigenvalue weighted by atomic mass is 32.2. The van der Waals surface area contributed by atoms with Gasteiger partial charge in [-0.25, -0.2) is 13.6 Å². The van der Waals surface area contributed by atoms with E-state index in [1.165, 1.54) is 19.2 Å². The third kappa shape index (κ3) is 5.70. The van der Waals surface area contributed by atoms with Crippen molar-refractivity contribution in [2.75, 3.05) is 20.3 Å². The van der Waals surface area contributed by atoms with Gasteiger partial charge in [-0.3, -0.25) is 4.79 Å². The van der Waals surface area contributed by atoms with E-state index >= 15 is 0 Å². The highest BCUT2D eigenvalue weighted by Crippen LogP contribution is 2.23. The van der Waals surface area contributed by atoms with Gasteiger partial charge in [0.15, 0.2) is 6.61 Å². The van der Waals surface area contributed by atoms with E-state index in [0.717, 1.165) is 5.56 Å². The molecule has 0 spiro atoms. The number of primary sulfonamides is 1. The van der Waals surface area contributed by atoms with Crippen LogP contribution in [0.5, 0.6) is 5.75 Å². The Morgan fingerprint density at radius 2 is 2.10 bits per heavy atom. The Morgan fingerprint density at radius 3 is 2.67 bits per heavy atom. The maximum atomic E-state index is 11.7. The van der Waals surface area contributed by atoms with Gasteiger partial charge in [0.2, 0.25) is 10.0 Å². The van der Waals surface area contributed by atoms with E-state index in [1.807, 2.05) is 0 Å². The van der Waals surface area contributed by atoms with Crippen molar-refractivity contribution < 1.29 is 22.7 Å². The SMILES string of the molecule is COCC(C)NC(=O)COc1ccc(C)cc1S(N)(=O)=O. The molecule has 1 aromatic rings. The molecule has 0 aromatic heterocycles. The molecule has 118 valence electrons. The molecule has 0 aliphatic heterocycles. The van der Waals surface area contributed by atoms with Gasteiger partial charge < -0.3 is 14.8 Å². The molecule has 0 saturated carbocycles. The van der Waals surface area contributed by atoms with Crippen LogP contribution in [-0.2, 0) is 19.6 Å². The molecule has 0 aliphatic rings. The first-order valence-electron chi connectivity index (χ1n) is 6.28. The summed E-state index contributed by atoms with van der Waals surface area (Å²) in [4.78, 5) is 11.5. The third-order valence-electron chi connectivity index (χ3n) is 2.59. The van der Waals surface area contributed by atoms with Crippen LogP contribution in [0.2, 0.25) is 0 Å². The van der Waals surface area contributed by atoms with Crippen molar-refractivity contribution >= 4 is 15.9 Å². The number of nitrogens with two attached hydrogens (primary N) is 1. The van der Waals surface area contributed by atoms with Crippen molar-refractivity contribution in [3.05, 3.63) is 23.8 Å². The quantitative estimate of drug-likeness (QED) is 0.745. The Kier molecular flexibility index (Phi) is 6.13. The molecular formula is C13H20N2O5S. The fraction of sp³-hybridized carbons (Fsp3) is 0.462. The van der Waals surface area contributed by atoms with Crippen LogP contribution in [-0.4, -0.2) is 40.7 Å². The first-order chi connectivity index (χ1) is 9.74. The van der Waals surface area contributed by atoms with Gasteiger partial charge >= 0.3 is 0 Å². The summed E-state index contributed by atoms with van der Waals surface area (Å²) in [6, 6.07) is 4.38. The van der Waals surface area contributed by atoms with Crippen molar-refractivity contribution in [2.45, 2.75) is 24.8 Å². The summed E-state index contributed by atoms with van der Waals surface area (Å²) in [5.74, 6) is -0.321. The number of hydrogen-bond acceptors (Lipinski definition) is 5. The molecule has 0 aliphatic carbocycles. The van der Waals surface area contributed by atoms with Gasteiger partial charge in [0, 0.05) is 13.2 Å². The summed E-state index contributed by atoms with van der Waals surface area (Å²) in [5.41, 5.74) is 0.726. The number of rotatable bonds is 7. The fourth-order valence-corrected chi connectivity index (χ4v) is 2.47. The Bertz CT molecular complexity index is 601. The van der Waals surface area contributed by atoms with Gasteiger partial charge in [-0.1, -0.05) is 6.07 Å². The molecule has 0 saturated heterocycles. The number of hydrogen-bond donors (Lipinski definition) is 2. The van der Waals surface area contributed by atoms with E-state index in [1.54, 1.807) is 19.9 Å². The maximum absolute atomic E-state index is 11.7. The zero-order valence-electron chi connectivity index (χ0n) is 12.3. The Labute approximate surface area is 124 Å². The van der Waals surface area contributed by atoms with Crippen LogP contribution in [0.25, 0.3) is 0 Å². The first-order valence-corrected chi connectivity index (χ1v) is 7.83. The Morgan fingerprint density at radius 1 is 1.43 bits per heavy atom. The average Bonchev–Trinajstić information content (AvgIpc) is 2.36. The van der Waals surface area contributed by atoms with Crippen molar-refractivity contribution in [3.63, 3.8) is 0 Å². The minimum absolute atomic E-state index is 0.0534. The molecule has 1 atom stereocenters. The molecule has 7 nitrogen and oxygen atoms in total. The Hall–Kier alpha value is -1.64. The lowest BCUT2D eigenvalue weighted by Crippen LogP contribution is -2.38. The second kappa shape index (κ2) is 7.39.